The summed E-state index contributed by atoms with van der Waals surface area (Å²) in [6.07, 6.45) is 4.12. The molecule has 1 aliphatic rings. The fraction of sp³-hybridized carbons (Fsp3) is 0.364. The minimum absolute atomic E-state index is 0.168. The molecule has 1 atom stereocenters. The molecule has 4 rings (SSSR count). The van der Waals surface area contributed by atoms with Crippen molar-refractivity contribution in [3.05, 3.63) is 108 Å². The molecule has 6 nitrogen and oxygen atoms in total. The van der Waals surface area contributed by atoms with E-state index in [9.17, 15) is 4.79 Å². The first kappa shape index (κ1) is 30.1. The Balaban J connectivity index is 0.000000353. The van der Waals surface area contributed by atoms with Gasteiger partial charge >= 0.3 is 0 Å². The molecule has 0 aliphatic carbocycles. The van der Waals surface area contributed by atoms with Gasteiger partial charge in [-0.3, -0.25) is 9.69 Å². The van der Waals surface area contributed by atoms with Gasteiger partial charge in [0.25, 0.3) is 0 Å². The number of ketones is 1. The average molecular weight is 529 g/mol. The Bertz CT molecular complexity index is 1190. The van der Waals surface area contributed by atoms with Crippen molar-refractivity contribution in [1.82, 2.24) is 4.90 Å². The number of nitrogen functional groups attached to an aromatic ring is 1. The van der Waals surface area contributed by atoms with Crippen LogP contribution in [-0.2, 0) is 24.1 Å². The van der Waals surface area contributed by atoms with Crippen LogP contribution in [0.4, 0.5) is 11.4 Å². The number of allylic oxidation sites excluding steroid dienone is 1. The van der Waals surface area contributed by atoms with E-state index in [-0.39, 0.29) is 5.78 Å². The molecule has 4 N–H and O–H groups in total. The van der Waals surface area contributed by atoms with Gasteiger partial charge in [-0.05, 0) is 80.4 Å². The molecule has 0 saturated carbocycles. The van der Waals surface area contributed by atoms with Crippen molar-refractivity contribution in [1.29, 1.82) is 0 Å². The van der Waals surface area contributed by atoms with Crippen LogP contribution in [-0.4, -0.2) is 56.6 Å². The van der Waals surface area contributed by atoms with Crippen LogP contribution in [0.5, 0.6) is 0 Å². The lowest BCUT2D eigenvalue weighted by Gasteiger charge is -2.38. The van der Waals surface area contributed by atoms with E-state index in [1.54, 1.807) is 0 Å². The Labute approximate surface area is 234 Å². The van der Waals surface area contributed by atoms with Gasteiger partial charge in [0.15, 0.2) is 5.78 Å². The highest BCUT2D eigenvalue weighted by molar-refractivity contribution is 6.03. The van der Waals surface area contributed by atoms with Gasteiger partial charge in [-0.15, -0.1) is 6.58 Å². The number of ether oxygens (including phenoxy) is 1. The zero-order chi connectivity index (χ0) is 28.3. The summed E-state index contributed by atoms with van der Waals surface area (Å²) < 4.78 is 5.43. The third-order valence-electron chi connectivity index (χ3n) is 7.54. The summed E-state index contributed by atoms with van der Waals surface area (Å²) in [4.78, 5) is 18.0. The van der Waals surface area contributed by atoms with E-state index in [1.165, 1.54) is 0 Å². The van der Waals surface area contributed by atoms with E-state index in [1.807, 2.05) is 68.7 Å². The highest BCUT2D eigenvalue weighted by Crippen LogP contribution is 2.29. The van der Waals surface area contributed by atoms with E-state index in [2.05, 4.69) is 47.6 Å². The normalized spacial score (nSPS) is 14.7. The molecule has 6 heteroatoms. The number of morpholine rings is 1. The molecule has 208 valence electrons. The quantitative estimate of drug-likeness (QED) is 0.216. The van der Waals surface area contributed by atoms with Crippen molar-refractivity contribution in [2.75, 3.05) is 51.0 Å². The molecular formula is C33H44N4O2. The molecule has 0 spiro atoms. The number of benzene rings is 3. The van der Waals surface area contributed by atoms with Crippen LogP contribution in [0.2, 0.25) is 0 Å². The fourth-order valence-corrected chi connectivity index (χ4v) is 4.96. The van der Waals surface area contributed by atoms with E-state index in [4.69, 9.17) is 16.2 Å². The number of hydrogen-bond acceptors (Lipinski definition) is 6. The van der Waals surface area contributed by atoms with Gasteiger partial charge in [0.05, 0.1) is 18.8 Å². The second kappa shape index (κ2) is 14.6. The lowest BCUT2D eigenvalue weighted by atomic mass is 9.80. The van der Waals surface area contributed by atoms with Crippen LogP contribution in [0.1, 0.15) is 40.4 Å². The van der Waals surface area contributed by atoms with E-state index >= 15 is 0 Å². The first-order valence-electron chi connectivity index (χ1n) is 13.7. The van der Waals surface area contributed by atoms with Crippen molar-refractivity contribution in [2.45, 2.75) is 38.3 Å². The van der Waals surface area contributed by atoms with Gasteiger partial charge in [0.2, 0.25) is 0 Å². The number of carbonyl (C=O) groups excluding carboxylic acids is 1. The molecule has 39 heavy (non-hydrogen) atoms. The predicted octanol–water partition coefficient (Wildman–Crippen LogP) is 5.12. The van der Waals surface area contributed by atoms with Crippen molar-refractivity contribution < 1.29 is 9.53 Å². The van der Waals surface area contributed by atoms with Crippen LogP contribution in [0, 0.1) is 0 Å². The molecule has 1 fully saturated rings. The molecule has 0 radical (unpaired) electrons. The number of carbonyl (C=O) groups is 1. The topological polar surface area (TPSA) is 84.8 Å². The molecule has 1 heterocycles. The molecule has 1 aliphatic heterocycles. The van der Waals surface area contributed by atoms with Crippen molar-refractivity contribution in [3.63, 3.8) is 0 Å². The van der Waals surface area contributed by atoms with E-state index in [0.717, 1.165) is 72.8 Å². The Morgan fingerprint density at radius 2 is 1.62 bits per heavy atom. The third-order valence-corrected chi connectivity index (χ3v) is 7.54. The molecule has 3 aromatic carbocycles. The molecular weight excluding hydrogens is 484 g/mol. The molecule has 0 amide bonds. The molecule has 0 aromatic heterocycles. The van der Waals surface area contributed by atoms with Crippen LogP contribution in [0.25, 0.3) is 0 Å². The second-order valence-electron chi connectivity index (χ2n) is 10.1. The summed E-state index contributed by atoms with van der Waals surface area (Å²) in [6, 6.07) is 24.2. The summed E-state index contributed by atoms with van der Waals surface area (Å²) in [5, 5.41) is 0. The monoisotopic (exact) mass is 528 g/mol. The van der Waals surface area contributed by atoms with Crippen LogP contribution in [0.15, 0.2) is 85.5 Å². The van der Waals surface area contributed by atoms with Gasteiger partial charge in [-0.1, -0.05) is 55.5 Å². The Kier molecular flexibility index (Phi) is 11.3. The van der Waals surface area contributed by atoms with Gasteiger partial charge < -0.3 is 21.1 Å². The molecule has 0 bridgehead atoms. The number of para-hydroxylation sites is 1. The average Bonchev–Trinajstić information content (AvgIpc) is 2.98. The number of anilines is 2. The molecule has 1 saturated heterocycles. The fourth-order valence-electron chi connectivity index (χ4n) is 4.96. The first-order valence-corrected chi connectivity index (χ1v) is 13.7. The minimum atomic E-state index is -0.579. The highest BCUT2D eigenvalue weighted by atomic mass is 16.5. The zero-order valence-corrected chi connectivity index (χ0v) is 23.7. The van der Waals surface area contributed by atoms with Crippen molar-refractivity contribution in [3.8, 4) is 0 Å². The Morgan fingerprint density at radius 3 is 2.15 bits per heavy atom. The number of nitrogens with zero attached hydrogens (tertiary/aromatic N) is 2. The maximum atomic E-state index is 13.7. The summed E-state index contributed by atoms with van der Waals surface area (Å²) in [7, 11) is 4.00. The van der Waals surface area contributed by atoms with Gasteiger partial charge in [-0.2, -0.15) is 0 Å². The van der Waals surface area contributed by atoms with Crippen molar-refractivity contribution in [2.24, 2.45) is 5.73 Å². The maximum absolute atomic E-state index is 13.7. The number of Topliss-reactive ketones (excluding diaryl/α,β-unsaturated/α-hetero) is 1. The highest BCUT2D eigenvalue weighted by Gasteiger charge is 2.39. The van der Waals surface area contributed by atoms with Gasteiger partial charge in [0, 0.05) is 36.6 Å². The van der Waals surface area contributed by atoms with E-state index < -0.39 is 5.54 Å². The summed E-state index contributed by atoms with van der Waals surface area (Å²) in [6.45, 7) is 9.55. The number of rotatable bonds is 10. The maximum Gasteiger partial charge on any atom is 0.183 e. The van der Waals surface area contributed by atoms with Crippen LogP contribution >= 0.6 is 0 Å². The van der Waals surface area contributed by atoms with Crippen LogP contribution < -0.4 is 16.4 Å². The van der Waals surface area contributed by atoms with Crippen LogP contribution in [0.3, 0.4) is 0 Å². The lowest BCUT2D eigenvalue weighted by molar-refractivity contribution is 0.0666. The summed E-state index contributed by atoms with van der Waals surface area (Å²) in [5.74, 6) is 0.168. The first-order chi connectivity index (χ1) is 18.8. The van der Waals surface area contributed by atoms with Gasteiger partial charge in [-0.25, -0.2) is 0 Å². The zero-order valence-electron chi connectivity index (χ0n) is 23.7. The minimum Gasteiger partial charge on any atom is -0.398 e. The standard InChI is InChI=1S/C24H33N3O2.C9H11N/c1-4-24(26(2)3,17-19-5-7-20(18-25)8-6-19)23(28)21-9-11-22(12-10-21)27-13-15-29-16-14-27;1-2-5-8-6-3-4-7-9(8)10/h5-12H,4,13-18,25H2,1-3H3;2-4,6-7H,1,5,10H2. The number of likely N-dealkylation sites (N-methyl/N-ethyl adjacent to an activating group) is 1. The summed E-state index contributed by atoms with van der Waals surface area (Å²) in [5.41, 5.74) is 17.0. The molecule has 3 aromatic rings. The Morgan fingerprint density at radius 1 is 1.00 bits per heavy atom. The second-order valence-corrected chi connectivity index (χ2v) is 10.1. The third kappa shape index (κ3) is 7.79. The van der Waals surface area contributed by atoms with E-state index in [0.29, 0.717) is 13.0 Å². The van der Waals surface area contributed by atoms with Gasteiger partial charge in [0.1, 0.15) is 0 Å². The predicted molar refractivity (Wildman–Crippen MR) is 163 cm³/mol. The smallest absolute Gasteiger partial charge is 0.183 e. The summed E-state index contributed by atoms with van der Waals surface area (Å²) >= 11 is 0. The lowest BCUT2D eigenvalue weighted by Crippen LogP contribution is -2.52. The molecule has 1 unspecified atom stereocenters. The SMILES string of the molecule is C=CCc1ccccc1N.CCC(Cc1ccc(CN)cc1)(C(=O)c1ccc(N2CCOCC2)cc1)N(C)C. The Hall–Kier alpha value is -3.45. The largest absolute Gasteiger partial charge is 0.398 e. The number of nitrogens with two attached hydrogens (primary N) is 2. The van der Waals surface area contributed by atoms with Crippen molar-refractivity contribution >= 4 is 17.2 Å². The number of hydrogen-bond donors (Lipinski definition) is 2.